The smallest absolute Gasteiger partial charge is 0.112 e. The third kappa shape index (κ3) is 2.84. The molecule has 1 N–H and O–H groups in total. The second-order valence-corrected chi connectivity index (χ2v) is 5.67. The van der Waals surface area contributed by atoms with E-state index in [2.05, 4.69) is 32.3 Å². The lowest BCUT2D eigenvalue weighted by Gasteiger charge is -2.07. The van der Waals surface area contributed by atoms with Crippen molar-refractivity contribution in [3.63, 3.8) is 0 Å². The SMILES string of the molecule is Cc1cnc(CNc2cccc(Br)c2C#N)s1. The van der Waals surface area contributed by atoms with Crippen LogP contribution in [0.25, 0.3) is 0 Å². The van der Waals surface area contributed by atoms with Crippen LogP contribution >= 0.6 is 27.3 Å². The van der Waals surface area contributed by atoms with Crippen LogP contribution < -0.4 is 5.32 Å². The van der Waals surface area contributed by atoms with Gasteiger partial charge in [0.05, 0.1) is 17.8 Å². The molecule has 1 heterocycles. The van der Waals surface area contributed by atoms with E-state index in [1.165, 1.54) is 4.88 Å². The van der Waals surface area contributed by atoms with E-state index in [4.69, 9.17) is 5.26 Å². The third-order valence-electron chi connectivity index (χ3n) is 2.22. The number of aryl methyl sites for hydroxylation is 1. The fraction of sp³-hybridized carbons (Fsp3) is 0.167. The van der Waals surface area contributed by atoms with Gasteiger partial charge in [0.1, 0.15) is 11.1 Å². The molecule has 0 saturated carbocycles. The summed E-state index contributed by atoms with van der Waals surface area (Å²) in [6.45, 7) is 2.67. The molecule has 2 aromatic rings. The van der Waals surface area contributed by atoms with Crippen LogP contribution in [0.1, 0.15) is 15.4 Å². The van der Waals surface area contributed by atoms with E-state index >= 15 is 0 Å². The Morgan fingerprint density at radius 2 is 2.35 bits per heavy atom. The summed E-state index contributed by atoms with van der Waals surface area (Å²) in [4.78, 5) is 5.46. The van der Waals surface area contributed by atoms with E-state index in [9.17, 15) is 0 Å². The number of anilines is 1. The van der Waals surface area contributed by atoms with Crippen LogP contribution in [0.15, 0.2) is 28.9 Å². The minimum absolute atomic E-state index is 0.626. The van der Waals surface area contributed by atoms with Crippen LogP contribution in [-0.2, 0) is 6.54 Å². The molecule has 0 aliphatic heterocycles. The van der Waals surface area contributed by atoms with Crippen LogP contribution in [-0.4, -0.2) is 4.98 Å². The van der Waals surface area contributed by atoms with E-state index < -0.39 is 0 Å². The number of benzene rings is 1. The molecular weight excluding hydrogens is 298 g/mol. The summed E-state index contributed by atoms with van der Waals surface area (Å²) in [5, 5.41) is 13.3. The van der Waals surface area contributed by atoms with Gasteiger partial charge in [0.2, 0.25) is 0 Å². The number of nitrogens with zero attached hydrogens (tertiary/aromatic N) is 2. The van der Waals surface area contributed by atoms with Gasteiger partial charge in [0, 0.05) is 15.5 Å². The highest BCUT2D eigenvalue weighted by Crippen LogP contribution is 2.24. The Kier molecular flexibility index (Phi) is 3.77. The van der Waals surface area contributed by atoms with Gasteiger partial charge in [-0.25, -0.2) is 4.98 Å². The van der Waals surface area contributed by atoms with Gasteiger partial charge >= 0.3 is 0 Å². The van der Waals surface area contributed by atoms with Crippen LogP contribution in [0.5, 0.6) is 0 Å². The summed E-state index contributed by atoms with van der Waals surface area (Å²) < 4.78 is 0.806. The van der Waals surface area contributed by atoms with Crippen LogP contribution in [0, 0.1) is 18.3 Å². The van der Waals surface area contributed by atoms with Crippen LogP contribution in [0.2, 0.25) is 0 Å². The van der Waals surface area contributed by atoms with Crippen molar-refractivity contribution in [2.75, 3.05) is 5.32 Å². The van der Waals surface area contributed by atoms with Gasteiger partial charge in [0.15, 0.2) is 0 Å². The second kappa shape index (κ2) is 5.30. The predicted molar refractivity (Wildman–Crippen MR) is 73.0 cm³/mol. The summed E-state index contributed by atoms with van der Waals surface area (Å²) in [6, 6.07) is 7.83. The lowest BCUT2D eigenvalue weighted by Crippen LogP contribution is -2.01. The highest BCUT2D eigenvalue weighted by atomic mass is 79.9. The van der Waals surface area contributed by atoms with E-state index in [0.717, 1.165) is 15.2 Å². The Bertz CT molecular complexity index is 571. The number of nitriles is 1. The normalized spacial score (nSPS) is 9.94. The zero-order valence-electron chi connectivity index (χ0n) is 9.20. The van der Waals surface area contributed by atoms with Gasteiger partial charge in [-0.3, -0.25) is 0 Å². The Morgan fingerprint density at radius 1 is 1.53 bits per heavy atom. The van der Waals surface area contributed by atoms with Crippen molar-refractivity contribution in [2.45, 2.75) is 13.5 Å². The first-order valence-electron chi connectivity index (χ1n) is 5.04. The van der Waals surface area contributed by atoms with Gasteiger partial charge < -0.3 is 5.32 Å². The molecule has 3 nitrogen and oxygen atoms in total. The average Bonchev–Trinajstić information content (AvgIpc) is 2.72. The molecule has 0 bridgehead atoms. The van der Waals surface area contributed by atoms with Crippen molar-refractivity contribution in [2.24, 2.45) is 0 Å². The van der Waals surface area contributed by atoms with Crippen molar-refractivity contribution in [1.29, 1.82) is 5.26 Å². The largest absolute Gasteiger partial charge is 0.377 e. The first kappa shape index (κ1) is 12.1. The molecule has 0 atom stereocenters. The molecule has 17 heavy (non-hydrogen) atoms. The number of aromatic nitrogens is 1. The monoisotopic (exact) mass is 307 g/mol. The summed E-state index contributed by atoms with van der Waals surface area (Å²) in [5.74, 6) is 0. The average molecular weight is 308 g/mol. The zero-order chi connectivity index (χ0) is 12.3. The van der Waals surface area contributed by atoms with Crippen molar-refractivity contribution < 1.29 is 0 Å². The molecule has 0 fully saturated rings. The van der Waals surface area contributed by atoms with Gasteiger partial charge in [-0.15, -0.1) is 11.3 Å². The Morgan fingerprint density at radius 3 is 3.00 bits per heavy atom. The molecule has 0 aliphatic carbocycles. The molecule has 2 rings (SSSR count). The third-order valence-corrected chi connectivity index (χ3v) is 3.80. The van der Waals surface area contributed by atoms with Crippen molar-refractivity contribution in [1.82, 2.24) is 4.98 Å². The van der Waals surface area contributed by atoms with Gasteiger partial charge in [-0.1, -0.05) is 6.07 Å². The molecule has 0 unspecified atom stereocenters. The van der Waals surface area contributed by atoms with E-state index in [1.54, 1.807) is 11.3 Å². The summed E-state index contributed by atoms with van der Waals surface area (Å²) in [7, 11) is 0. The van der Waals surface area contributed by atoms with Crippen molar-refractivity contribution in [3.8, 4) is 6.07 Å². The maximum absolute atomic E-state index is 9.07. The molecule has 0 amide bonds. The number of hydrogen-bond acceptors (Lipinski definition) is 4. The summed E-state index contributed by atoms with van der Waals surface area (Å²) in [5.41, 5.74) is 1.45. The lowest BCUT2D eigenvalue weighted by molar-refractivity contribution is 1.10. The van der Waals surface area contributed by atoms with Crippen molar-refractivity contribution in [3.05, 3.63) is 44.3 Å². The fourth-order valence-electron chi connectivity index (χ4n) is 1.44. The van der Waals surface area contributed by atoms with E-state index in [-0.39, 0.29) is 0 Å². The van der Waals surface area contributed by atoms with E-state index in [0.29, 0.717) is 12.1 Å². The van der Waals surface area contributed by atoms with Gasteiger partial charge in [0.25, 0.3) is 0 Å². The zero-order valence-corrected chi connectivity index (χ0v) is 11.6. The highest BCUT2D eigenvalue weighted by molar-refractivity contribution is 9.10. The van der Waals surface area contributed by atoms with Gasteiger partial charge in [-0.05, 0) is 35.0 Å². The number of nitrogens with one attached hydrogen (secondary N) is 1. The second-order valence-electron chi connectivity index (χ2n) is 3.49. The van der Waals surface area contributed by atoms with E-state index in [1.807, 2.05) is 31.3 Å². The number of hydrogen-bond donors (Lipinski definition) is 1. The topological polar surface area (TPSA) is 48.7 Å². The molecule has 86 valence electrons. The molecule has 0 aliphatic rings. The molecule has 5 heteroatoms. The highest BCUT2D eigenvalue weighted by Gasteiger charge is 2.06. The first-order chi connectivity index (χ1) is 8.20. The molecule has 0 radical (unpaired) electrons. The van der Waals surface area contributed by atoms with Gasteiger partial charge in [-0.2, -0.15) is 5.26 Å². The number of thiazole rings is 1. The summed E-state index contributed by atoms with van der Waals surface area (Å²) in [6.07, 6.45) is 1.85. The lowest BCUT2D eigenvalue weighted by atomic mass is 10.2. The quantitative estimate of drug-likeness (QED) is 0.940. The molecule has 1 aromatic carbocycles. The Labute approximate surface area is 112 Å². The minimum Gasteiger partial charge on any atom is -0.377 e. The number of halogens is 1. The maximum atomic E-state index is 9.07. The molecule has 0 spiro atoms. The van der Waals surface area contributed by atoms with Crippen molar-refractivity contribution >= 4 is 33.0 Å². The Hall–Kier alpha value is -1.38. The maximum Gasteiger partial charge on any atom is 0.112 e. The molecular formula is C12H10BrN3S. The summed E-state index contributed by atoms with van der Waals surface area (Å²) >= 11 is 5.02. The molecule has 1 aromatic heterocycles. The fourth-order valence-corrected chi connectivity index (χ4v) is 2.62. The predicted octanol–water partition coefficient (Wildman–Crippen LogP) is 3.70. The Balaban J connectivity index is 2.14. The minimum atomic E-state index is 0.626. The first-order valence-corrected chi connectivity index (χ1v) is 6.65. The standard InChI is InChI=1S/C12H10BrN3S/c1-8-6-16-12(17-8)7-15-11-4-2-3-10(13)9(11)5-14/h2-4,6,15H,7H2,1H3. The molecule has 0 saturated heterocycles. The number of rotatable bonds is 3. The van der Waals surface area contributed by atoms with Crippen LogP contribution in [0.3, 0.4) is 0 Å². The van der Waals surface area contributed by atoms with Crippen LogP contribution in [0.4, 0.5) is 5.69 Å².